The summed E-state index contributed by atoms with van der Waals surface area (Å²) in [6.45, 7) is 1.38. The molecule has 0 aliphatic heterocycles. The van der Waals surface area contributed by atoms with Crippen LogP contribution in [0.5, 0.6) is 0 Å². The maximum absolute atomic E-state index is 11.9. The van der Waals surface area contributed by atoms with Gasteiger partial charge in [-0.15, -0.1) is 0 Å². The highest BCUT2D eigenvalue weighted by atomic mass is 16.5. The van der Waals surface area contributed by atoms with Gasteiger partial charge in [-0.1, -0.05) is 18.2 Å². The highest BCUT2D eigenvalue weighted by Crippen LogP contribution is 2.12. The summed E-state index contributed by atoms with van der Waals surface area (Å²) in [6, 6.07) is 7.46. The number of methoxy groups -OCH3 is 1. The largest absolute Gasteiger partial charge is 0.398 e. The van der Waals surface area contributed by atoms with E-state index in [9.17, 15) is 4.79 Å². The van der Waals surface area contributed by atoms with E-state index in [-0.39, 0.29) is 5.91 Å². The number of carbonyl (C=O) groups excluding carboxylic acids is 1. The molecule has 0 atom stereocenters. The number of likely N-dealkylation sites (N-methyl/N-ethyl adjacent to an activating group) is 1. The number of anilines is 1. The number of rotatable bonds is 6. The Balaban J connectivity index is 2.46. The number of nitrogen functional groups attached to an aromatic ring is 1. The molecule has 1 aromatic carbocycles. The second-order valence-corrected chi connectivity index (χ2v) is 4.04. The molecule has 0 saturated heterocycles. The standard InChI is InChI=1S/C13H20N2O2/c1-15(8-5-9-17-2)13(16)10-11-6-3-4-7-12(11)14/h3-4,6-7H,5,8-10,14H2,1-2H3. The summed E-state index contributed by atoms with van der Waals surface area (Å²) in [6.07, 6.45) is 1.21. The molecule has 4 heteroatoms. The van der Waals surface area contributed by atoms with Crippen LogP contribution in [-0.2, 0) is 16.0 Å². The lowest BCUT2D eigenvalue weighted by atomic mass is 10.1. The number of benzene rings is 1. The van der Waals surface area contributed by atoms with Gasteiger partial charge >= 0.3 is 0 Å². The van der Waals surface area contributed by atoms with Gasteiger partial charge in [-0.3, -0.25) is 4.79 Å². The first-order valence-corrected chi connectivity index (χ1v) is 5.71. The molecular weight excluding hydrogens is 216 g/mol. The molecule has 1 rings (SSSR count). The predicted octanol–water partition coefficient (Wildman–Crippen LogP) is 1.31. The molecular formula is C13H20N2O2. The van der Waals surface area contributed by atoms with Gasteiger partial charge < -0.3 is 15.4 Å². The third kappa shape index (κ3) is 4.44. The predicted molar refractivity (Wildman–Crippen MR) is 68.7 cm³/mol. The summed E-state index contributed by atoms with van der Waals surface area (Å²) in [5, 5.41) is 0. The second-order valence-electron chi connectivity index (χ2n) is 4.04. The van der Waals surface area contributed by atoms with Crippen LogP contribution >= 0.6 is 0 Å². The molecule has 94 valence electrons. The van der Waals surface area contributed by atoms with Crippen LogP contribution in [0.3, 0.4) is 0 Å². The summed E-state index contributed by atoms with van der Waals surface area (Å²) in [7, 11) is 3.46. The van der Waals surface area contributed by atoms with Gasteiger partial charge in [0.25, 0.3) is 0 Å². The zero-order chi connectivity index (χ0) is 12.7. The maximum Gasteiger partial charge on any atom is 0.226 e. The monoisotopic (exact) mass is 236 g/mol. The summed E-state index contributed by atoms with van der Waals surface area (Å²) in [5.41, 5.74) is 7.36. The Hall–Kier alpha value is -1.55. The Morgan fingerprint density at radius 3 is 2.76 bits per heavy atom. The van der Waals surface area contributed by atoms with Crippen LogP contribution < -0.4 is 5.73 Å². The summed E-state index contributed by atoms with van der Waals surface area (Å²) in [5.74, 6) is 0.0824. The van der Waals surface area contributed by atoms with E-state index in [2.05, 4.69) is 0 Å². The van der Waals surface area contributed by atoms with E-state index in [1.165, 1.54) is 0 Å². The quantitative estimate of drug-likeness (QED) is 0.598. The van der Waals surface area contributed by atoms with Gasteiger partial charge in [0.1, 0.15) is 0 Å². The van der Waals surface area contributed by atoms with Crippen LogP contribution in [0.1, 0.15) is 12.0 Å². The number of amides is 1. The first-order valence-electron chi connectivity index (χ1n) is 5.71. The van der Waals surface area contributed by atoms with Crippen LogP contribution in [0.25, 0.3) is 0 Å². The van der Waals surface area contributed by atoms with Crippen molar-refractivity contribution in [2.24, 2.45) is 0 Å². The molecule has 4 nitrogen and oxygen atoms in total. The Bertz CT molecular complexity index is 366. The molecule has 1 aromatic rings. The minimum absolute atomic E-state index is 0.0824. The van der Waals surface area contributed by atoms with Gasteiger partial charge in [0.2, 0.25) is 5.91 Å². The normalized spacial score (nSPS) is 10.2. The van der Waals surface area contributed by atoms with Crippen molar-refractivity contribution >= 4 is 11.6 Å². The molecule has 0 aromatic heterocycles. The second kappa shape index (κ2) is 6.91. The highest BCUT2D eigenvalue weighted by molar-refractivity contribution is 5.80. The van der Waals surface area contributed by atoms with Gasteiger partial charge in [0, 0.05) is 33.0 Å². The van der Waals surface area contributed by atoms with Crippen molar-refractivity contribution in [2.45, 2.75) is 12.8 Å². The van der Waals surface area contributed by atoms with Crippen molar-refractivity contribution in [1.29, 1.82) is 0 Å². The molecule has 1 amide bonds. The Kier molecular flexibility index (Phi) is 5.49. The third-order valence-corrected chi connectivity index (χ3v) is 2.66. The summed E-state index contributed by atoms with van der Waals surface area (Å²) in [4.78, 5) is 13.6. The third-order valence-electron chi connectivity index (χ3n) is 2.66. The van der Waals surface area contributed by atoms with E-state index >= 15 is 0 Å². The van der Waals surface area contributed by atoms with Gasteiger partial charge in [0.05, 0.1) is 6.42 Å². The van der Waals surface area contributed by atoms with Gasteiger partial charge in [-0.25, -0.2) is 0 Å². The fourth-order valence-corrected chi connectivity index (χ4v) is 1.56. The minimum atomic E-state index is 0.0824. The van der Waals surface area contributed by atoms with Gasteiger partial charge in [-0.05, 0) is 18.1 Å². The molecule has 0 fully saturated rings. The molecule has 0 saturated carbocycles. The smallest absolute Gasteiger partial charge is 0.226 e. The fourth-order valence-electron chi connectivity index (χ4n) is 1.56. The number of para-hydroxylation sites is 1. The first-order chi connectivity index (χ1) is 8.15. The van der Waals surface area contributed by atoms with E-state index < -0.39 is 0 Å². The van der Waals surface area contributed by atoms with Crippen molar-refractivity contribution in [3.63, 3.8) is 0 Å². The lowest BCUT2D eigenvalue weighted by molar-refractivity contribution is -0.129. The number of nitrogens with two attached hydrogens (primary N) is 1. The van der Waals surface area contributed by atoms with Crippen molar-refractivity contribution in [1.82, 2.24) is 4.90 Å². The Morgan fingerprint density at radius 1 is 1.41 bits per heavy atom. The van der Waals surface area contributed by atoms with Crippen molar-refractivity contribution < 1.29 is 9.53 Å². The Morgan fingerprint density at radius 2 is 2.12 bits per heavy atom. The molecule has 0 heterocycles. The van der Waals surface area contributed by atoms with Gasteiger partial charge in [0.15, 0.2) is 0 Å². The molecule has 17 heavy (non-hydrogen) atoms. The molecule has 0 radical (unpaired) electrons. The lowest BCUT2D eigenvalue weighted by Crippen LogP contribution is -2.29. The topological polar surface area (TPSA) is 55.6 Å². The molecule has 0 spiro atoms. The number of hydrogen-bond donors (Lipinski definition) is 1. The zero-order valence-corrected chi connectivity index (χ0v) is 10.5. The van der Waals surface area contributed by atoms with E-state index in [0.29, 0.717) is 25.3 Å². The van der Waals surface area contributed by atoms with Crippen LogP contribution in [0.4, 0.5) is 5.69 Å². The van der Waals surface area contributed by atoms with Crippen LogP contribution in [0.2, 0.25) is 0 Å². The summed E-state index contributed by atoms with van der Waals surface area (Å²) >= 11 is 0. The SMILES string of the molecule is COCCCN(C)C(=O)Cc1ccccc1N. The van der Waals surface area contributed by atoms with E-state index in [0.717, 1.165) is 12.0 Å². The van der Waals surface area contributed by atoms with Crippen LogP contribution in [0.15, 0.2) is 24.3 Å². The average Bonchev–Trinajstić information content (AvgIpc) is 2.32. The van der Waals surface area contributed by atoms with Crippen molar-refractivity contribution in [2.75, 3.05) is 33.0 Å². The van der Waals surface area contributed by atoms with E-state index in [1.54, 1.807) is 19.1 Å². The fraction of sp³-hybridized carbons (Fsp3) is 0.462. The highest BCUT2D eigenvalue weighted by Gasteiger charge is 2.10. The molecule has 0 aliphatic rings. The molecule has 0 aliphatic carbocycles. The van der Waals surface area contributed by atoms with Crippen molar-refractivity contribution in [3.05, 3.63) is 29.8 Å². The van der Waals surface area contributed by atoms with Crippen molar-refractivity contribution in [3.8, 4) is 0 Å². The number of carbonyl (C=O) groups is 1. The zero-order valence-electron chi connectivity index (χ0n) is 10.5. The first kappa shape index (κ1) is 13.5. The summed E-state index contributed by atoms with van der Waals surface area (Å²) < 4.78 is 4.95. The maximum atomic E-state index is 11.9. The number of nitrogens with zero attached hydrogens (tertiary/aromatic N) is 1. The van der Waals surface area contributed by atoms with Crippen LogP contribution in [-0.4, -0.2) is 38.1 Å². The van der Waals surface area contributed by atoms with Crippen LogP contribution in [0, 0.1) is 0 Å². The molecule has 2 N–H and O–H groups in total. The lowest BCUT2D eigenvalue weighted by Gasteiger charge is -2.17. The minimum Gasteiger partial charge on any atom is -0.398 e. The van der Waals surface area contributed by atoms with E-state index in [1.807, 2.05) is 24.3 Å². The molecule has 0 bridgehead atoms. The Labute approximate surface area is 102 Å². The van der Waals surface area contributed by atoms with E-state index in [4.69, 9.17) is 10.5 Å². The molecule has 0 unspecified atom stereocenters. The number of ether oxygens (including phenoxy) is 1. The van der Waals surface area contributed by atoms with Gasteiger partial charge in [-0.2, -0.15) is 0 Å². The number of hydrogen-bond acceptors (Lipinski definition) is 3. The average molecular weight is 236 g/mol.